The number of methoxy groups -OCH3 is 1. The summed E-state index contributed by atoms with van der Waals surface area (Å²) in [5.41, 5.74) is 5.21. The van der Waals surface area contributed by atoms with E-state index >= 15 is 0 Å². The summed E-state index contributed by atoms with van der Waals surface area (Å²) in [6, 6.07) is 15.2. The molecule has 0 bridgehead atoms. The van der Waals surface area contributed by atoms with Gasteiger partial charge in [0.05, 0.1) is 7.11 Å². The summed E-state index contributed by atoms with van der Waals surface area (Å²) in [5, 5.41) is 3.24. The molecule has 2 rings (SSSR count). The molecule has 2 aromatic carbocycles. The van der Waals surface area contributed by atoms with Crippen molar-refractivity contribution in [2.24, 2.45) is 5.92 Å². The van der Waals surface area contributed by atoms with Crippen molar-refractivity contribution in [3.05, 3.63) is 53.6 Å². The van der Waals surface area contributed by atoms with Crippen LogP contribution in [0.15, 0.2) is 42.5 Å². The van der Waals surface area contributed by atoms with Gasteiger partial charge in [-0.15, -0.1) is 0 Å². The zero-order valence-corrected chi connectivity index (χ0v) is 13.4. The summed E-state index contributed by atoms with van der Waals surface area (Å²) in [5.74, 6) is 1.58. The Morgan fingerprint density at radius 3 is 2.57 bits per heavy atom. The number of hydrogen-bond donors (Lipinski definition) is 1. The van der Waals surface area contributed by atoms with Crippen LogP contribution in [0.5, 0.6) is 5.75 Å². The summed E-state index contributed by atoms with van der Waals surface area (Å²) in [7, 11) is 3.68. The van der Waals surface area contributed by atoms with E-state index in [0.717, 1.165) is 18.7 Å². The van der Waals surface area contributed by atoms with Crippen molar-refractivity contribution in [3.8, 4) is 16.9 Å². The number of hydrogen-bond acceptors (Lipinski definition) is 2. The van der Waals surface area contributed by atoms with Crippen LogP contribution in [0.3, 0.4) is 0 Å². The summed E-state index contributed by atoms with van der Waals surface area (Å²) >= 11 is 0. The first-order valence-corrected chi connectivity index (χ1v) is 7.55. The monoisotopic (exact) mass is 283 g/mol. The van der Waals surface area contributed by atoms with Crippen molar-refractivity contribution in [1.82, 2.24) is 5.32 Å². The summed E-state index contributed by atoms with van der Waals surface area (Å²) in [6.45, 7) is 5.35. The highest BCUT2D eigenvalue weighted by atomic mass is 16.5. The molecule has 0 aliphatic heterocycles. The molecule has 2 aromatic rings. The highest BCUT2D eigenvalue weighted by Gasteiger charge is 2.08. The van der Waals surface area contributed by atoms with Crippen LogP contribution in [-0.4, -0.2) is 14.2 Å². The molecule has 0 fully saturated rings. The first-order valence-electron chi connectivity index (χ1n) is 7.55. The topological polar surface area (TPSA) is 21.3 Å². The molecule has 0 saturated heterocycles. The molecule has 0 radical (unpaired) electrons. The first kappa shape index (κ1) is 15.6. The molecule has 0 aromatic heterocycles. The van der Waals surface area contributed by atoms with E-state index in [2.05, 4.69) is 55.6 Å². The minimum atomic E-state index is 0.674. The SMILES string of the molecule is CNCc1cc(OC)ccc1-c1cccc(CC(C)C)c1. The number of nitrogens with one attached hydrogen (secondary N) is 1. The highest BCUT2D eigenvalue weighted by Crippen LogP contribution is 2.28. The molecule has 112 valence electrons. The van der Waals surface area contributed by atoms with Crippen LogP contribution in [0.2, 0.25) is 0 Å². The van der Waals surface area contributed by atoms with E-state index in [9.17, 15) is 0 Å². The van der Waals surface area contributed by atoms with Crippen molar-refractivity contribution < 1.29 is 4.74 Å². The Morgan fingerprint density at radius 2 is 1.90 bits per heavy atom. The lowest BCUT2D eigenvalue weighted by molar-refractivity contribution is 0.414. The molecule has 0 spiro atoms. The second kappa shape index (κ2) is 7.28. The molecule has 0 unspecified atom stereocenters. The molecule has 0 amide bonds. The van der Waals surface area contributed by atoms with Crippen LogP contribution in [0.25, 0.3) is 11.1 Å². The fraction of sp³-hybridized carbons (Fsp3) is 0.368. The van der Waals surface area contributed by atoms with Crippen molar-refractivity contribution in [2.75, 3.05) is 14.2 Å². The Balaban J connectivity index is 2.40. The normalized spacial score (nSPS) is 10.9. The Bertz CT molecular complexity index is 590. The van der Waals surface area contributed by atoms with Gasteiger partial charge in [0.15, 0.2) is 0 Å². The molecule has 0 saturated carbocycles. The zero-order valence-electron chi connectivity index (χ0n) is 13.4. The smallest absolute Gasteiger partial charge is 0.119 e. The lowest BCUT2D eigenvalue weighted by Gasteiger charge is -2.13. The lowest BCUT2D eigenvalue weighted by atomic mass is 9.95. The Hall–Kier alpha value is -1.80. The van der Waals surface area contributed by atoms with Gasteiger partial charge in [-0.1, -0.05) is 44.2 Å². The van der Waals surface area contributed by atoms with Crippen molar-refractivity contribution >= 4 is 0 Å². The maximum absolute atomic E-state index is 5.34. The fourth-order valence-electron chi connectivity index (χ4n) is 2.65. The minimum absolute atomic E-state index is 0.674. The quantitative estimate of drug-likeness (QED) is 0.854. The minimum Gasteiger partial charge on any atom is -0.497 e. The standard InChI is InChI=1S/C19H25NO/c1-14(2)10-15-6-5-7-16(11-15)19-9-8-18(21-4)12-17(19)13-20-3/h5-9,11-12,14,20H,10,13H2,1-4H3. The molecule has 2 heteroatoms. The second-order valence-electron chi connectivity index (χ2n) is 5.85. The summed E-state index contributed by atoms with van der Waals surface area (Å²) in [4.78, 5) is 0. The summed E-state index contributed by atoms with van der Waals surface area (Å²) < 4.78 is 5.34. The van der Waals surface area contributed by atoms with Crippen molar-refractivity contribution in [2.45, 2.75) is 26.8 Å². The molecule has 0 aliphatic carbocycles. The maximum Gasteiger partial charge on any atom is 0.119 e. The molecule has 0 aliphatic rings. The third-order valence-electron chi connectivity index (χ3n) is 3.56. The predicted octanol–water partition coefficient (Wildman–Crippen LogP) is 4.28. The highest BCUT2D eigenvalue weighted by molar-refractivity contribution is 5.69. The molecule has 2 nitrogen and oxygen atoms in total. The Morgan fingerprint density at radius 1 is 1.10 bits per heavy atom. The molecular formula is C19H25NO. The van der Waals surface area contributed by atoms with Gasteiger partial charge in [0, 0.05) is 6.54 Å². The van der Waals surface area contributed by atoms with Gasteiger partial charge < -0.3 is 10.1 Å². The average Bonchev–Trinajstić information content (AvgIpc) is 2.47. The Kier molecular flexibility index (Phi) is 5.40. The van der Waals surface area contributed by atoms with E-state index in [1.54, 1.807) is 7.11 Å². The van der Waals surface area contributed by atoms with Crippen molar-refractivity contribution in [3.63, 3.8) is 0 Å². The second-order valence-corrected chi connectivity index (χ2v) is 5.85. The molecule has 0 heterocycles. The average molecular weight is 283 g/mol. The van der Waals surface area contributed by atoms with Crippen molar-refractivity contribution in [1.29, 1.82) is 0 Å². The van der Waals surface area contributed by atoms with Crippen LogP contribution in [0.4, 0.5) is 0 Å². The number of ether oxygens (including phenoxy) is 1. The van der Waals surface area contributed by atoms with E-state index in [0.29, 0.717) is 5.92 Å². The van der Waals surface area contributed by atoms with E-state index in [4.69, 9.17) is 4.74 Å². The number of benzene rings is 2. The van der Waals surface area contributed by atoms with Crippen LogP contribution in [0.1, 0.15) is 25.0 Å². The first-order chi connectivity index (χ1) is 10.1. The van der Waals surface area contributed by atoms with Crippen LogP contribution >= 0.6 is 0 Å². The molecule has 0 atom stereocenters. The molecule has 1 N–H and O–H groups in total. The van der Waals surface area contributed by atoms with E-state index in [1.165, 1.54) is 22.3 Å². The van der Waals surface area contributed by atoms with Crippen LogP contribution in [-0.2, 0) is 13.0 Å². The number of rotatable bonds is 6. The largest absolute Gasteiger partial charge is 0.497 e. The lowest BCUT2D eigenvalue weighted by Crippen LogP contribution is -2.06. The van der Waals surface area contributed by atoms with Gasteiger partial charge in [0.1, 0.15) is 5.75 Å². The van der Waals surface area contributed by atoms with Gasteiger partial charge in [0.25, 0.3) is 0 Å². The van der Waals surface area contributed by atoms with Gasteiger partial charge in [-0.3, -0.25) is 0 Å². The predicted molar refractivity (Wildman–Crippen MR) is 89.7 cm³/mol. The molecular weight excluding hydrogens is 258 g/mol. The zero-order chi connectivity index (χ0) is 15.2. The third-order valence-corrected chi connectivity index (χ3v) is 3.56. The van der Waals surface area contributed by atoms with Gasteiger partial charge in [-0.2, -0.15) is 0 Å². The van der Waals surface area contributed by atoms with Gasteiger partial charge in [-0.05, 0) is 53.8 Å². The fourth-order valence-corrected chi connectivity index (χ4v) is 2.65. The van der Waals surface area contributed by atoms with Gasteiger partial charge in [0.2, 0.25) is 0 Å². The maximum atomic E-state index is 5.34. The molecule has 21 heavy (non-hydrogen) atoms. The van der Waals surface area contributed by atoms with Gasteiger partial charge in [-0.25, -0.2) is 0 Å². The Labute approximate surface area is 128 Å². The summed E-state index contributed by atoms with van der Waals surface area (Å²) in [6.07, 6.45) is 1.12. The van der Waals surface area contributed by atoms with E-state index in [-0.39, 0.29) is 0 Å². The van der Waals surface area contributed by atoms with Gasteiger partial charge >= 0.3 is 0 Å². The third kappa shape index (κ3) is 4.08. The van der Waals surface area contributed by atoms with E-state index in [1.807, 2.05) is 13.1 Å². The van der Waals surface area contributed by atoms with Crippen LogP contribution < -0.4 is 10.1 Å². The van der Waals surface area contributed by atoms with Crippen LogP contribution in [0, 0.1) is 5.92 Å². The van der Waals surface area contributed by atoms with E-state index < -0.39 is 0 Å².